The number of benzene rings is 2. The Kier molecular flexibility index (Phi) is 7.36. The van der Waals surface area contributed by atoms with Gasteiger partial charge in [0.15, 0.2) is 23.1 Å². The fourth-order valence-corrected chi connectivity index (χ4v) is 3.25. The fraction of sp³-hybridized carbons (Fsp3) is 0.304. The predicted octanol–water partition coefficient (Wildman–Crippen LogP) is 4.99. The van der Waals surface area contributed by atoms with Crippen molar-refractivity contribution in [3.05, 3.63) is 65.1 Å². The highest BCUT2D eigenvalue weighted by Gasteiger charge is 2.15. The van der Waals surface area contributed by atoms with Gasteiger partial charge in [-0.2, -0.15) is 0 Å². The Morgan fingerprint density at radius 3 is 2.50 bits per heavy atom. The van der Waals surface area contributed by atoms with Gasteiger partial charge in [0, 0.05) is 36.5 Å². The van der Waals surface area contributed by atoms with E-state index >= 15 is 0 Å². The molecule has 0 saturated carbocycles. The first kappa shape index (κ1) is 21.7. The molecular formula is C23H25ClN2O4. The molecular weight excluding hydrogens is 404 g/mol. The summed E-state index contributed by atoms with van der Waals surface area (Å²) in [6.45, 7) is 3.06. The van der Waals surface area contributed by atoms with Crippen molar-refractivity contribution in [3.8, 4) is 22.8 Å². The minimum atomic E-state index is 0.0403. The summed E-state index contributed by atoms with van der Waals surface area (Å²) in [5.41, 5.74) is 1.87. The van der Waals surface area contributed by atoms with Gasteiger partial charge in [0.25, 0.3) is 0 Å². The third-order valence-electron chi connectivity index (χ3n) is 4.79. The predicted molar refractivity (Wildman–Crippen MR) is 116 cm³/mol. The summed E-state index contributed by atoms with van der Waals surface area (Å²) in [5.74, 6) is 2.55. The number of hydrogen-bond acceptors (Lipinski definition) is 5. The fourth-order valence-electron chi connectivity index (χ4n) is 3.12. The molecule has 2 aromatic carbocycles. The van der Waals surface area contributed by atoms with Gasteiger partial charge in [-0.3, -0.25) is 4.79 Å². The number of carbonyl (C=O) groups is 1. The third-order valence-corrected chi connectivity index (χ3v) is 5.04. The van der Waals surface area contributed by atoms with Gasteiger partial charge in [-0.05, 0) is 48.9 Å². The topological polar surface area (TPSA) is 64.8 Å². The van der Waals surface area contributed by atoms with Crippen molar-refractivity contribution in [3.63, 3.8) is 0 Å². The first-order valence-corrected chi connectivity index (χ1v) is 10.1. The number of halogens is 1. The summed E-state index contributed by atoms with van der Waals surface area (Å²) >= 11 is 5.92. The lowest BCUT2D eigenvalue weighted by molar-refractivity contribution is -0.131. The van der Waals surface area contributed by atoms with E-state index in [0.29, 0.717) is 54.1 Å². The van der Waals surface area contributed by atoms with Gasteiger partial charge in [-0.1, -0.05) is 17.7 Å². The number of ether oxygens (including phenoxy) is 2. The van der Waals surface area contributed by atoms with Crippen LogP contribution >= 0.6 is 11.6 Å². The second-order valence-corrected chi connectivity index (χ2v) is 7.16. The van der Waals surface area contributed by atoms with Crippen molar-refractivity contribution in [1.82, 2.24) is 9.88 Å². The Morgan fingerprint density at radius 2 is 1.83 bits per heavy atom. The molecule has 3 rings (SSSR count). The molecule has 0 N–H and O–H groups in total. The zero-order valence-corrected chi connectivity index (χ0v) is 18.1. The van der Waals surface area contributed by atoms with Crippen molar-refractivity contribution in [2.75, 3.05) is 20.8 Å². The summed E-state index contributed by atoms with van der Waals surface area (Å²) < 4.78 is 16.4. The summed E-state index contributed by atoms with van der Waals surface area (Å²) in [4.78, 5) is 18.8. The van der Waals surface area contributed by atoms with E-state index in [4.69, 9.17) is 25.5 Å². The largest absolute Gasteiger partial charge is 0.493 e. The maximum Gasteiger partial charge on any atom is 0.223 e. The quantitative estimate of drug-likeness (QED) is 0.480. The van der Waals surface area contributed by atoms with E-state index < -0.39 is 0 Å². The first-order chi connectivity index (χ1) is 14.5. The molecule has 0 aliphatic carbocycles. The van der Waals surface area contributed by atoms with Crippen LogP contribution in [0.15, 0.2) is 53.1 Å². The van der Waals surface area contributed by atoms with Crippen LogP contribution in [0.1, 0.15) is 24.8 Å². The minimum Gasteiger partial charge on any atom is -0.493 e. The Balaban J connectivity index is 1.60. The average molecular weight is 429 g/mol. The second kappa shape index (κ2) is 10.2. The first-order valence-electron chi connectivity index (χ1n) is 9.73. The minimum absolute atomic E-state index is 0.0403. The van der Waals surface area contributed by atoms with Crippen molar-refractivity contribution in [1.29, 1.82) is 0 Å². The molecule has 0 spiro atoms. The Morgan fingerprint density at radius 1 is 1.10 bits per heavy atom. The van der Waals surface area contributed by atoms with E-state index in [0.717, 1.165) is 11.1 Å². The zero-order chi connectivity index (χ0) is 21.5. The molecule has 0 fully saturated rings. The smallest absolute Gasteiger partial charge is 0.223 e. The lowest BCUT2D eigenvalue weighted by atomic mass is 10.1. The standard InChI is InChI=1S/C23H25ClN2O4/c1-4-26(15-16-5-10-19(28-2)20(13-16)29-3)23(27)12-11-22-25-14-21(30-22)17-6-8-18(24)9-7-17/h5-10,13-14H,4,11-12,15H2,1-3H3. The van der Waals surface area contributed by atoms with Gasteiger partial charge in [-0.15, -0.1) is 0 Å². The number of amides is 1. The number of oxazole rings is 1. The molecule has 3 aromatic rings. The Bertz CT molecular complexity index is 985. The molecule has 0 radical (unpaired) electrons. The lowest BCUT2D eigenvalue weighted by Crippen LogP contribution is -2.30. The summed E-state index contributed by atoms with van der Waals surface area (Å²) in [6.07, 6.45) is 2.43. The molecule has 0 atom stereocenters. The molecule has 158 valence electrons. The van der Waals surface area contributed by atoms with Crippen LogP contribution in [-0.4, -0.2) is 36.6 Å². The molecule has 30 heavy (non-hydrogen) atoms. The average Bonchev–Trinajstić information content (AvgIpc) is 3.25. The van der Waals surface area contributed by atoms with Gasteiger partial charge in [0.05, 0.1) is 20.4 Å². The number of carbonyl (C=O) groups excluding carboxylic acids is 1. The van der Waals surface area contributed by atoms with Crippen LogP contribution < -0.4 is 9.47 Å². The molecule has 1 amide bonds. The van der Waals surface area contributed by atoms with Crippen molar-refractivity contribution in [2.24, 2.45) is 0 Å². The van der Waals surface area contributed by atoms with Crippen LogP contribution in [0, 0.1) is 0 Å². The molecule has 0 unspecified atom stereocenters. The molecule has 0 saturated heterocycles. The normalized spacial score (nSPS) is 10.7. The second-order valence-electron chi connectivity index (χ2n) is 6.72. The summed E-state index contributed by atoms with van der Waals surface area (Å²) in [5, 5.41) is 0.665. The molecule has 1 heterocycles. The SMILES string of the molecule is CCN(Cc1ccc(OC)c(OC)c1)C(=O)CCc1ncc(-c2ccc(Cl)cc2)o1. The van der Waals surface area contributed by atoms with Crippen LogP contribution in [0.5, 0.6) is 11.5 Å². The molecule has 0 aliphatic rings. The van der Waals surface area contributed by atoms with Crippen LogP contribution in [-0.2, 0) is 17.8 Å². The monoisotopic (exact) mass is 428 g/mol. The van der Waals surface area contributed by atoms with Crippen molar-refractivity contribution in [2.45, 2.75) is 26.3 Å². The highest BCUT2D eigenvalue weighted by molar-refractivity contribution is 6.30. The maximum atomic E-state index is 12.7. The van der Waals surface area contributed by atoms with Gasteiger partial charge in [0.1, 0.15) is 0 Å². The van der Waals surface area contributed by atoms with Gasteiger partial charge in [0.2, 0.25) is 5.91 Å². The molecule has 1 aromatic heterocycles. The van der Waals surface area contributed by atoms with Crippen LogP contribution in [0.4, 0.5) is 0 Å². The molecule has 6 nitrogen and oxygen atoms in total. The number of rotatable bonds is 9. The Hall–Kier alpha value is -2.99. The van der Waals surface area contributed by atoms with Gasteiger partial charge < -0.3 is 18.8 Å². The highest BCUT2D eigenvalue weighted by Crippen LogP contribution is 2.28. The van der Waals surface area contributed by atoms with Crippen LogP contribution in [0.2, 0.25) is 5.02 Å². The number of aryl methyl sites for hydroxylation is 1. The molecule has 7 heteroatoms. The van der Waals surface area contributed by atoms with E-state index in [9.17, 15) is 4.79 Å². The number of aromatic nitrogens is 1. The van der Waals surface area contributed by atoms with E-state index in [-0.39, 0.29) is 5.91 Å². The van der Waals surface area contributed by atoms with Gasteiger partial charge >= 0.3 is 0 Å². The van der Waals surface area contributed by atoms with Crippen molar-refractivity contribution < 1.29 is 18.7 Å². The lowest BCUT2D eigenvalue weighted by Gasteiger charge is -2.21. The van der Waals surface area contributed by atoms with E-state index in [1.54, 1.807) is 37.4 Å². The maximum absolute atomic E-state index is 12.7. The third kappa shape index (κ3) is 5.33. The number of methoxy groups -OCH3 is 2. The van der Waals surface area contributed by atoms with E-state index in [2.05, 4.69) is 4.98 Å². The molecule has 0 aliphatic heterocycles. The Labute approximate surface area is 181 Å². The number of nitrogens with zero attached hydrogens (tertiary/aromatic N) is 2. The molecule has 0 bridgehead atoms. The number of hydrogen-bond donors (Lipinski definition) is 0. The van der Waals surface area contributed by atoms with E-state index in [1.807, 2.05) is 37.3 Å². The summed E-state index contributed by atoms with van der Waals surface area (Å²) in [6, 6.07) is 13.0. The zero-order valence-electron chi connectivity index (χ0n) is 17.4. The van der Waals surface area contributed by atoms with E-state index in [1.165, 1.54) is 0 Å². The van der Waals surface area contributed by atoms with Crippen LogP contribution in [0.3, 0.4) is 0 Å². The van der Waals surface area contributed by atoms with Crippen LogP contribution in [0.25, 0.3) is 11.3 Å². The van der Waals surface area contributed by atoms with Crippen molar-refractivity contribution >= 4 is 17.5 Å². The highest BCUT2D eigenvalue weighted by atomic mass is 35.5. The van der Waals surface area contributed by atoms with Gasteiger partial charge in [-0.25, -0.2) is 4.98 Å². The summed E-state index contributed by atoms with van der Waals surface area (Å²) in [7, 11) is 3.19.